The molecule has 2 aliphatic rings. The molecule has 2 atom stereocenters. The van der Waals surface area contributed by atoms with Gasteiger partial charge in [-0.1, -0.05) is 0 Å². The van der Waals surface area contributed by atoms with Crippen LogP contribution in [0.5, 0.6) is 0 Å². The van der Waals surface area contributed by atoms with Crippen LogP contribution in [-0.4, -0.2) is 40.2 Å². The summed E-state index contributed by atoms with van der Waals surface area (Å²) in [5, 5.41) is 0.327. The van der Waals surface area contributed by atoms with Gasteiger partial charge in [-0.15, -0.1) is 0 Å². The first-order valence-corrected chi connectivity index (χ1v) is 5.52. The van der Waals surface area contributed by atoms with E-state index in [1.54, 1.807) is 6.20 Å². The largest absolute Gasteiger partial charge is 0.375 e. The molecule has 0 aliphatic carbocycles. The van der Waals surface area contributed by atoms with E-state index in [-0.39, 0.29) is 0 Å². The van der Waals surface area contributed by atoms with E-state index in [9.17, 15) is 0 Å². The molecule has 1 aromatic rings. The van der Waals surface area contributed by atoms with Gasteiger partial charge in [-0.25, -0.2) is 9.97 Å². The van der Waals surface area contributed by atoms with Crippen molar-refractivity contribution in [2.45, 2.75) is 25.1 Å². The normalized spacial score (nSPS) is 29.9. The Morgan fingerprint density at radius 1 is 1.60 bits per heavy atom. The molecule has 3 heterocycles. The van der Waals surface area contributed by atoms with Gasteiger partial charge in [-0.05, 0) is 24.1 Å². The lowest BCUT2D eigenvalue weighted by Crippen LogP contribution is -2.36. The summed E-state index contributed by atoms with van der Waals surface area (Å²) in [7, 11) is 0. The van der Waals surface area contributed by atoms with E-state index in [0.717, 1.165) is 25.4 Å². The summed E-state index contributed by atoms with van der Waals surface area (Å²) < 4.78 is 5.54. The molecule has 0 aromatic carbocycles. The van der Waals surface area contributed by atoms with Gasteiger partial charge in [0.1, 0.15) is 0 Å². The van der Waals surface area contributed by atoms with Crippen LogP contribution in [0.2, 0.25) is 5.28 Å². The molecule has 2 fully saturated rings. The lowest BCUT2D eigenvalue weighted by atomic mass is 10.2. The zero-order valence-electron chi connectivity index (χ0n) is 8.27. The highest BCUT2D eigenvalue weighted by molar-refractivity contribution is 6.28. The van der Waals surface area contributed by atoms with E-state index in [4.69, 9.17) is 16.3 Å². The van der Waals surface area contributed by atoms with Gasteiger partial charge in [0, 0.05) is 25.3 Å². The second-order valence-corrected chi connectivity index (χ2v) is 4.43. The third-order valence-corrected chi connectivity index (χ3v) is 3.24. The van der Waals surface area contributed by atoms with Crippen LogP contribution in [0.3, 0.4) is 0 Å². The summed E-state index contributed by atoms with van der Waals surface area (Å²) in [4.78, 5) is 10.5. The average molecular weight is 226 g/mol. The second-order valence-electron chi connectivity index (χ2n) is 4.09. The van der Waals surface area contributed by atoms with Crippen LogP contribution in [-0.2, 0) is 11.3 Å². The molecule has 15 heavy (non-hydrogen) atoms. The Morgan fingerprint density at radius 3 is 3.20 bits per heavy atom. The van der Waals surface area contributed by atoms with E-state index in [2.05, 4.69) is 14.9 Å². The topological polar surface area (TPSA) is 38.2 Å². The Kier molecular flexibility index (Phi) is 2.35. The standard InChI is InChI=1S/C10H12ClN3O/c11-10-12-2-1-7(13-10)4-14-5-9-3-8(14)6-15-9/h1-2,8-9H,3-6H2. The number of hydrogen-bond donors (Lipinski definition) is 0. The van der Waals surface area contributed by atoms with Gasteiger partial charge in [-0.2, -0.15) is 0 Å². The number of nitrogens with zero attached hydrogens (tertiary/aromatic N) is 3. The maximum atomic E-state index is 5.74. The van der Waals surface area contributed by atoms with Crippen LogP contribution >= 0.6 is 11.6 Å². The maximum Gasteiger partial charge on any atom is 0.222 e. The van der Waals surface area contributed by atoms with Crippen molar-refractivity contribution in [3.05, 3.63) is 23.2 Å². The van der Waals surface area contributed by atoms with Gasteiger partial charge < -0.3 is 4.74 Å². The molecule has 0 spiro atoms. The van der Waals surface area contributed by atoms with Crippen molar-refractivity contribution in [1.82, 2.24) is 14.9 Å². The summed E-state index contributed by atoms with van der Waals surface area (Å²) in [6.45, 7) is 2.74. The fourth-order valence-corrected chi connectivity index (χ4v) is 2.50. The van der Waals surface area contributed by atoms with Gasteiger partial charge >= 0.3 is 0 Å². The highest BCUT2D eigenvalue weighted by Gasteiger charge is 2.38. The predicted octanol–water partition coefficient (Wildman–Crippen LogP) is 1.10. The monoisotopic (exact) mass is 225 g/mol. The summed E-state index contributed by atoms with van der Waals surface area (Å²) in [6.07, 6.45) is 3.31. The van der Waals surface area contributed by atoms with Crippen molar-refractivity contribution in [2.75, 3.05) is 13.2 Å². The molecule has 1 aromatic heterocycles. The number of aromatic nitrogens is 2. The highest BCUT2D eigenvalue weighted by atomic mass is 35.5. The lowest BCUT2D eigenvalue weighted by molar-refractivity contribution is 0.0268. The number of morpholine rings is 1. The van der Waals surface area contributed by atoms with Crippen molar-refractivity contribution >= 4 is 11.6 Å². The zero-order valence-corrected chi connectivity index (χ0v) is 9.02. The van der Waals surface area contributed by atoms with Crippen LogP contribution in [0, 0.1) is 0 Å². The van der Waals surface area contributed by atoms with E-state index in [0.29, 0.717) is 17.4 Å². The maximum absolute atomic E-state index is 5.74. The van der Waals surface area contributed by atoms with E-state index in [1.807, 2.05) is 6.07 Å². The average Bonchev–Trinajstić information content (AvgIpc) is 2.79. The number of rotatable bonds is 2. The zero-order chi connectivity index (χ0) is 10.3. The SMILES string of the molecule is Clc1nccc(CN2CC3CC2CO3)n1. The fourth-order valence-electron chi connectivity index (χ4n) is 2.34. The minimum absolute atomic E-state index is 0.327. The van der Waals surface area contributed by atoms with Crippen LogP contribution < -0.4 is 0 Å². The number of hydrogen-bond acceptors (Lipinski definition) is 4. The number of halogens is 1. The third-order valence-electron chi connectivity index (χ3n) is 3.06. The van der Waals surface area contributed by atoms with Crippen LogP contribution in [0.25, 0.3) is 0 Å². The Hall–Kier alpha value is -0.710. The number of likely N-dealkylation sites (tertiary alicyclic amines) is 1. The Bertz CT molecular complexity index is 373. The first kappa shape index (κ1) is 9.51. The molecule has 2 bridgehead atoms. The van der Waals surface area contributed by atoms with E-state index in [1.165, 1.54) is 6.42 Å². The van der Waals surface area contributed by atoms with Crippen molar-refractivity contribution < 1.29 is 4.74 Å². The minimum Gasteiger partial charge on any atom is -0.375 e. The molecule has 2 aliphatic heterocycles. The molecule has 2 saturated heterocycles. The molecule has 5 heteroatoms. The van der Waals surface area contributed by atoms with Crippen LogP contribution in [0.1, 0.15) is 12.1 Å². The molecule has 0 amide bonds. The predicted molar refractivity (Wildman–Crippen MR) is 55.6 cm³/mol. The van der Waals surface area contributed by atoms with Gasteiger partial charge in [0.05, 0.1) is 18.4 Å². The molecular formula is C10H12ClN3O. The molecular weight excluding hydrogens is 214 g/mol. The lowest BCUT2D eigenvalue weighted by Gasteiger charge is -2.25. The number of ether oxygens (including phenoxy) is 1. The minimum atomic E-state index is 0.327. The van der Waals surface area contributed by atoms with Crippen LogP contribution in [0.4, 0.5) is 0 Å². The van der Waals surface area contributed by atoms with Crippen molar-refractivity contribution in [3.63, 3.8) is 0 Å². The van der Waals surface area contributed by atoms with E-state index >= 15 is 0 Å². The molecule has 3 rings (SSSR count). The van der Waals surface area contributed by atoms with Gasteiger partial charge in [0.2, 0.25) is 5.28 Å². The Balaban J connectivity index is 1.71. The molecule has 4 nitrogen and oxygen atoms in total. The molecule has 0 saturated carbocycles. The molecule has 80 valence electrons. The van der Waals surface area contributed by atoms with Gasteiger partial charge in [0.15, 0.2) is 0 Å². The van der Waals surface area contributed by atoms with Gasteiger partial charge in [-0.3, -0.25) is 4.90 Å². The quantitative estimate of drug-likeness (QED) is 0.707. The third kappa shape index (κ3) is 1.85. The van der Waals surface area contributed by atoms with Gasteiger partial charge in [0.25, 0.3) is 0 Å². The Labute approximate surface area is 93.2 Å². The summed E-state index contributed by atoms with van der Waals surface area (Å²) in [5.74, 6) is 0. The van der Waals surface area contributed by atoms with Crippen LogP contribution in [0.15, 0.2) is 12.3 Å². The molecule has 0 N–H and O–H groups in total. The molecule has 2 unspecified atom stereocenters. The second kappa shape index (κ2) is 3.70. The van der Waals surface area contributed by atoms with Crippen molar-refractivity contribution in [1.29, 1.82) is 0 Å². The fraction of sp³-hybridized carbons (Fsp3) is 0.600. The number of fused-ring (bicyclic) bond motifs is 2. The summed E-state index contributed by atoms with van der Waals surface area (Å²) >= 11 is 5.74. The first-order valence-electron chi connectivity index (χ1n) is 5.14. The van der Waals surface area contributed by atoms with Crippen molar-refractivity contribution in [3.8, 4) is 0 Å². The molecule has 0 radical (unpaired) electrons. The highest BCUT2D eigenvalue weighted by Crippen LogP contribution is 2.28. The first-order chi connectivity index (χ1) is 7.31. The summed E-state index contributed by atoms with van der Waals surface area (Å²) in [5.41, 5.74) is 0.988. The smallest absolute Gasteiger partial charge is 0.222 e. The van der Waals surface area contributed by atoms with E-state index < -0.39 is 0 Å². The Morgan fingerprint density at radius 2 is 2.53 bits per heavy atom. The summed E-state index contributed by atoms with van der Waals surface area (Å²) in [6, 6.07) is 2.49. The van der Waals surface area contributed by atoms with Crippen molar-refractivity contribution in [2.24, 2.45) is 0 Å².